The van der Waals surface area contributed by atoms with Gasteiger partial charge in [0.05, 0.1) is 23.3 Å². The minimum absolute atomic E-state index is 0.385. The predicted octanol–water partition coefficient (Wildman–Crippen LogP) is 4.25. The van der Waals surface area contributed by atoms with Crippen molar-refractivity contribution in [2.75, 3.05) is 12.3 Å². The lowest BCUT2D eigenvalue weighted by atomic mass is 10.1. The highest BCUT2D eigenvalue weighted by Gasteiger charge is 2.18. The van der Waals surface area contributed by atoms with Gasteiger partial charge in [-0.25, -0.2) is 9.97 Å². The van der Waals surface area contributed by atoms with E-state index < -0.39 is 6.23 Å². The Kier molecular flexibility index (Phi) is 6.24. The Morgan fingerprint density at radius 3 is 2.71 bits per heavy atom. The lowest BCUT2D eigenvalue weighted by molar-refractivity contribution is -0.00719. The van der Waals surface area contributed by atoms with Crippen molar-refractivity contribution in [2.24, 2.45) is 0 Å². The van der Waals surface area contributed by atoms with Gasteiger partial charge in [0, 0.05) is 17.1 Å². The van der Waals surface area contributed by atoms with Gasteiger partial charge in [-0.2, -0.15) is 5.10 Å². The summed E-state index contributed by atoms with van der Waals surface area (Å²) in [7, 11) is 0. The van der Waals surface area contributed by atoms with Crippen molar-refractivity contribution in [3.8, 4) is 11.3 Å². The summed E-state index contributed by atoms with van der Waals surface area (Å²) in [6, 6.07) is 18.3. The molecule has 0 aliphatic heterocycles. The van der Waals surface area contributed by atoms with Crippen LogP contribution in [0.3, 0.4) is 0 Å². The number of hydrogen-bond acceptors (Lipinski definition) is 6. The average Bonchev–Trinajstić information content (AvgIpc) is 3.54. The van der Waals surface area contributed by atoms with Crippen molar-refractivity contribution < 1.29 is 5.11 Å². The van der Waals surface area contributed by atoms with Crippen LogP contribution in [0.25, 0.3) is 33.2 Å². The van der Waals surface area contributed by atoms with Gasteiger partial charge in [0.15, 0.2) is 5.82 Å². The van der Waals surface area contributed by atoms with E-state index in [0.29, 0.717) is 30.8 Å². The van der Waals surface area contributed by atoms with Crippen LogP contribution in [-0.4, -0.2) is 47.9 Å². The third-order valence-electron chi connectivity index (χ3n) is 6.25. The van der Waals surface area contributed by atoms with Crippen LogP contribution < -0.4 is 5.73 Å². The molecule has 5 aromatic rings. The van der Waals surface area contributed by atoms with Crippen molar-refractivity contribution in [3.63, 3.8) is 0 Å². The van der Waals surface area contributed by atoms with Crippen molar-refractivity contribution in [3.05, 3.63) is 72.2 Å². The molecule has 0 saturated heterocycles. The smallest absolute Gasteiger partial charge is 0.152 e. The number of rotatable bonds is 9. The first-order valence-corrected chi connectivity index (χ1v) is 11.7. The number of imidazole rings is 1. The topological polar surface area (TPSA) is 120 Å². The molecule has 0 spiro atoms. The third kappa shape index (κ3) is 4.50. The summed E-state index contributed by atoms with van der Waals surface area (Å²) in [5.41, 5.74) is 11.7. The van der Waals surface area contributed by atoms with E-state index in [9.17, 15) is 5.11 Å². The first-order chi connectivity index (χ1) is 16.6. The Balaban J connectivity index is 1.34. The summed E-state index contributed by atoms with van der Waals surface area (Å²) in [4.78, 5) is 14.8. The molecule has 1 unspecified atom stereocenters. The van der Waals surface area contributed by atoms with E-state index in [1.807, 2.05) is 54.3 Å². The second-order valence-corrected chi connectivity index (χ2v) is 8.52. The molecule has 0 radical (unpaired) electrons. The molecule has 34 heavy (non-hydrogen) atoms. The zero-order valence-electron chi connectivity index (χ0n) is 19.2. The van der Waals surface area contributed by atoms with Gasteiger partial charge < -0.3 is 15.8 Å². The molecule has 3 aromatic heterocycles. The number of H-pyrrole nitrogens is 2. The Morgan fingerprint density at radius 1 is 1.09 bits per heavy atom. The number of nitrogen functional groups attached to an aromatic ring is 1. The number of fused-ring (bicyclic) bond motifs is 3. The van der Waals surface area contributed by atoms with E-state index in [4.69, 9.17) is 10.7 Å². The van der Waals surface area contributed by atoms with Crippen LogP contribution >= 0.6 is 0 Å². The van der Waals surface area contributed by atoms with Crippen molar-refractivity contribution in [1.29, 1.82) is 0 Å². The average molecular weight is 456 g/mol. The fourth-order valence-corrected chi connectivity index (χ4v) is 4.41. The van der Waals surface area contributed by atoms with Gasteiger partial charge >= 0.3 is 0 Å². The van der Waals surface area contributed by atoms with E-state index in [1.54, 1.807) is 6.20 Å². The normalized spacial score (nSPS) is 12.7. The maximum absolute atomic E-state index is 10.8. The van der Waals surface area contributed by atoms with Crippen LogP contribution in [0.1, 0.15) is 31.2 Å². The summed E-state index contributed by atoms with van der Waals surface area (Å²) in [6.07, 6.45) is 3.83. The van der Waals surface area contributed by atoms with E-state index in [1.165, 1.54) is 5.56 Å². The van der Waals surface area contributed by atoms with E-state index >= 15 is 0 Å². The number of nitrogens with zero attached hydrogens (tertiary/aromatic N) is 4. The van der Waals surface area contributed by atoms with Crippen LogP contribution in [0.5, 0.6) is 0 Å². The summed E-state index contributed by atoms with van der Waals surface area (Å²) < 4.78 is 0. The Bertz CT molecular complexity index is 1380. The molecule has 0 aliphatic rings. The molecule has 0 saturated carbocycles. The van der Waals surface area contributed by atoms with Crippen molar-refractivity contribution >= 4 is 27.8 Å². The molecule has 1 atom stereocenters. The summed E-state index contributed by atoms with van der Waals surface area (Å²) in [5.74, 6) is 1.15. The number of aliphatic hydroxyl groups is 1. The molecular weight excluding hydrogens is 426 g/mol. The predicted molar refractivity (Wildman–Crippen MR) is 135 cm³/mol. The molecule has 8 nitrogen and oxygen atoms in total. The molecule has 2 aromatic carbocycles. The van der Waals surface area contributed by atoms with E-state index in [-0.39, 0.29) is 0 Å². The largest absolute Gasteiger partial charge is 0.382 e. The van der Waals surface area contributed by atoms with Gasteiger partial charge in [-0.15, -0.1) is 0 Å². The molecule has 0 amide bonds. The highest BCUT2D eigenvalue weighted by molar-refractivity contribution is 6.07. The lowest BCUT2D eigenvalue weighted by Gasteiger charge is -2.25. The number of pyridine rings is 1. The van der Waals surface area contributed by atoms with Crippen molar-refractivity contribution in [1.82, 2.24) is 30.0 Å². The van der Waals surface area contributed by atoms with Crippen molar-refractivity contribution in [2.45, 2.75) is 39.0 Å². The van der Waals surface area contributed by atoms with Gasteiger partial charge in [0.1, 0.15) is 17.6 Å². The maximum Gasteiger partial charge on any atom is 0.152 e. The van der Waals surface area contributed by atoms with E-state index in [0.717, 1.165) is 46.3 Å². The first-order valence-electron chi connectivity index (χ1n) is 11.7. The molecule has 0 bridgehead atoms. The van der Waals surface area contributed by atoms with Crippen LogP contribution in [0, 0.1) is 0 Å². The van der Waals surface area contributed by atoms with Crippen LogP contribution in [0.4, 0.5) is 5.82 Å². The molecule has 3 heterocycles. The molecule has 5 N–H and O–H groups in total. The standard InChI is InChI=1S/C26H29N7O/c1-2-33(23(34)10-6-9-17-7-4-3-5-8-17)16-22-30-24-19-12-11-18(20-13-14-28-32-20)15-21(19)29-26(27)25(24)31-22/h3-5,7-8,11-15,23,34H,2,6,9-10,16H2,1H3,(H2,27,29)(H,28,32)(H,30,31). The molecule has 0 fully saturated rings. The van der Waals surface area contributed by atoms with Crippen LogP contribution in [0.15, 0.2) is 60.8 Å². The lowest BCUT2D eigenvalue weighted by Crippen LogP contribution is -2.34. The second-order valence-electron chi connectivity index (χ2n) is 8.52. The second kappa shape index (κ2) is 9.62. The molecule has 0 aliphatic carbocycles. The number of nitrogens with two attached hydrogens (primary N) is 1. The number of aliphatic hydroxyl groups excluding tert-OH is 1. The zero-order valence-corrected chi connectivity index (χ0v) is 19.2. The number of aromatic nitrogens is 5. The van der Waals surface area contributed by atoms with E-state index in [2.05, 4.69) is 32.3 Å². The number of hydrogen-bond donors (Lipinski definition) is 4. The maximum atomic E-state index is 10.8. The number of anilines is 1. The monoisotopic (exact) mass is 455 g/mol. The zero-order chi connectivity index (χ0) is 23.5. The van der Waals surface area contributed by atoms with Gasteiger partial charge in [0.2, 0.25) is 0 Å². The molecular formula is C26H29N7O. The first kappa shape index (κ1) is 22.1. The number of aryl methyl sites for hydroxylation is 1. The highest BCUT2D eigenvalue weighted by atomic mass is 16.3. The van der Waals surface area contributed by atoms with Crippen LogP contribution in [-0.2, 0) is 13.0 Å². The Hall–Kier alpha value is -3.75. The minimum atomic E-state index is -0.537. The fraction of sp³-hybridized carbons (Fsp3) is 0.269. The fourth-order valence-electron chi connectivity index (χ4n) is 4.41. The van der Waals surface area contributed by atoms with Crippen LogP contribution in [0.2, 0.25) is 0 Å². The number of aromatic amines is 2. The molecule has 8 heteroatoms. The minimum Gasteiger partial charge on any atom is -0.382 e. The van der Waals surface area contributed by atoms with Gasteiger partial charge in [0.25, 0.3) is 0 Å². The third-order valence-corrected chi connectivity index (χ3v) is 6.25. The van der Waals surface area contributed by atoms with Gasteiger partial charge in [-0.05, 0) is 49.6 Å². The Labute approximate surface area is 197 Å². The molecule has 5 rings (SSSR count). The summed E-state index contributed by atoms with van der Waals surface area (Å²) in [5, 5.41) is 18.8. The number of nitrogens with one attached hydrogen (secondary N) is 2. The Morgan fingerprint density at radius 2 is 1.94 bits per heavy atom. The van der Waals surface area contributed by atoms with Gasteiger partial charge in [-0.1, -0.05) is 43.3 Å². The highest BCUT2D eigenvalue weighted by Crippen LogP contribution is 2.29. The SMILES string of the molecule is CCN(Cc1nc2c(N)nc3cc(-c4cc[nH]n4)ccc3c2[nH]1)C(O)CCCc1ccccc1. The van der Waals surface area contributed by atoms with Gasteiger partial charge in [-0.3, -0.25) is 10.00 Å². The summed E-state index contributed by atoms with van der Waals surface area (Å²) >= 11 is 0. The number of benzene rings is 2. The molecule has 174 valence electrons. The summed E-state index contributed by atoms with van der Waals surface area (Å²) in [6.45, 7) is 3.26. The quantitative estimate of drug-likeness (QED) is 0.247.